The van der Waals surface area contributed by atoms with Gasteiger partial charge in [0.15, 0.2) is 5.57 Å². The minimum atomic E-state index is -0.910. The highest BCUT2D eigenvalue weighted by Crippen LogP contribution is 2.01. The number of carboxylic acids is 1. The van der Waals surface area contributed by atoms with Crippen LogP contribution in [0.1, 0.15) is 0 Å². The van der Waals surface area contributed by atoms with Crippen molar-refractivity contribution in [1.82, 2.24) is 0 Å². The minimum Gasteiger partial charge on any atom is -0.468 e. The van der Waals surface area contributed by atoms with E-state index in [-0.39, 0.29) is 5.57 Å². The Morgan fingerprint density at radius 1 is 1.67 bits per heavy atom. The van der Waals surface area contributed by atoms with Crippen LogP contribution in [0.2, 0.25) is 0 Å². The Hall–Kier alpha value is -1.40. The Labute approximate surface area is 52.8 Å². The van der Waals surface area contributed by atoms with Crippen LogP contribution in [0.15, 0.2) is 29.9 Å². The first-order chi connectivity index (χ1) is 4.30. The standard InChI is InChI=1S/C7H4O2/c8-7(9)6-4-2-1-3-5-6/h1-2,4-5H/p+1. The van der Waals surface area contributed by atoms with Crippen molar-refractivity contribution in [2.75, 3.05) is 0 Å². The quantitative estimate of drug-likeness (QED) is 0.524. The Morgan fingerprint density at radius 2 is 2.44 bits per heavy atom. The number of allylic oxidation sites excluding steroid dienone is 4. The number of carbonyl (C=O) groups is 1. The van der Waals surface area contributed by atoms with E-state index < -0.39 is 5.97 Å². The molecule has 0 saturated heterocycles. The first kappa shape index (κ1) is 5.73. The van der Waals surface area contributed by atoms with Gasteiger partial charge in [-0.1, -0.05) is 0 Å². The molecule has 1 rings (SSSR count). The summed E-state index contributed by atoms with van der Waals surface area (Å²) in [4.78, 5) is 10.2. The second kappa shape index (κ2) is 2.25. The fourth-order valence-corrected chi connectivity index (χ4v) is 0.526. The van der Waals surface area contributed by atoms with Gasteiger partial charge < -0.3 is 5.11 Å². The maximum atomic E-state index is 10.2. The van der Waals surface area contributed by atoms with Crippen LogP contribution >= 0.6 is 0 Å². The average molecular weight is 121 g/mol. The largest absolute Gasteiger partial charge is 0.468 e. The molecule has 0 heterocycles. The van der Waals surface area contributed by atoms with Crippen molar-refractivity contribution in [3.63, 3.8) is 0 Å². The predicted molar refractivity (Wildman–Crippen MR) is 32.7 cm³/mol. The molecule has 0 amide bonds. The van der Waals surface area contributed by atoms with Crippen molar-refractivity contribution in [3.05, 3.63) is 36.0 Å². The van der Waals surface area contributed by atoms with Crippen LogP contribution in [0.4, 0.5) is 0 Å². The highest BCUT2D eigenvalue weighted by Gasteiger charge is 2.10. The summed E-state index contributed by atoms with van der Waals surface area (Å²) in [6.07, 6.45) is 8.92. The summed E-state index contributed by atoms with van der Waals surface area (Å²) < 4.78 is 0. The third-order valence-electron chi connectivity index (χ3n) is 0.954. The van der Waals surface area contributed by atoms with E-state index in [0.717, 1.165) is 0 Å². The van der Waals surface area contributed by atoms with Crippen molar-refractivity contribution in [2.45, 2.75) is 0 Å². The van der Waals surface area contributed by atoms with Crippen molar-refractivity contribution in [1.29, 1.82) is 0 Å². The Bertz CT molecular complexity index is 209. The van der Waals surface area contributed by atoms with Crippen molar-refractivity contribution in [3.8, 4) is 0 Å². The molecule has 0 aliphatic heterocycles. The zero-order chi connectivity index (χ0) is 6.69. The number of hydrogen-bond donors (Lipinski definition) is 1. The molecule has 0 aromatic heterocycles. The predicted octanol–water partition coefficient (Wildman–Crippen LogP) is 0.927. The molecule has 0 atom stereocenters. The lowest BCUT2D eigenvalue weighted by Crippen LogP contribution is -1.97. The monoisotopic (exact) mass is 121 g/mol. The topological polar surface area (TPSA) is 37.3 Å². The van der Waals surface area contributed by atoms with Gasteiger partial charge in [0.1, 0.15) is 12.2 Å². The van der Waals surface area contributed by atoms with E-state index in [1.807, 2.05) is 0 Å². The zero-order valence-corrected chi connectivity index (χ0v) is 4.66. The number of hydrogen-bond acceptors (Lipinski definition) is 1. The van der Waals surface area contributed by atoms with E-state index in [0.29, 0.717) is 0 Å². The van der Waals surface area contributed by atoms with Gasteiger partial charge in [-0.15, -0.1) is 0 Å². The van der Waals surface area contributed by atoms with Gasteiger partial charge in [0.2, 0.25) is 0 Å². The molecular weight excluding hydrogens is 116 g/mol. The molecule has 2 nitrogen and oxygen atoms in total. The van der Waals surface area contributed by atoms with Gasteiger partial charge in [0.05, 0.1) is 6.08 Å². The van der Waals surface area contributed by atoms with Crippen molar-refractivity contribution < 1.29 is 9.90 Å². The summed E-state index contributed by atoms with van der Waals surface area (Å²) in [5.74, 6) is -0.910. The van der Waals surface area contributed by atoms with Crippen molar-refractivity contribution >= 4 is 5.97 Å². The van der Waals surface area contributed by atoms with Crippen LogP contribution < -0.4 is 0 Å². The molecule has 0 bridgehead atoms. The normalized spacial score (nSPS) is 14.4. The van der Waals surface area contributed by atoms with Crippen molar-refractivity contribution in [2.24, 2.45) is 0 Å². The highest BCUT2D eigenvalue weighted by molar-refractivity contribution is 5.90. The van der Waals surface area contributed by atoms with Gasteiger partial charge in [0.25, 0.3) is 0 Å². The summed E-state index contributed by atoms with van der Waals surface area (Å²) in [6.45, 7) is 0. The second-order valence-corrected chi connectivity index (χ2v) is 1.60. The van der Waals surface area contributed by atoms with Crippen LogP contribution in [0.25, 0.3) is 0 Å². The van der Waals surface area contributed by atoms with E-state index in [2.05, 4.69) is 6.08 Å². The fourth-order valence-electron chi connectivity index (χ4n) is 0.526. The Kier molecular flexibility index (Phi) is 1.43. The molecule has 0 unspecified atom stereocenters. The number of aliphatic carboxylic acids is 1. The molecule has 0 spiro atoms. The maximum absolute atomic E-state index is 10.2. The molecule has 1 N–H and O–H groups in total. The lowest BCUT2D eigenvalue weighted by atomic mass is 10.2. The van der Waals surface area contributed by atoms with Gasteiger partial charge in [-0.05, 0) is 0 Å². The van der Waals surface area contributed by atoms with Crippen LogP contribution in [0, 0.1) is 6.08 Å². The average Bonchev–Trinajstić information content (AvgIpc) is 1.90. The second-order valence-electron chi connectivity index (χ2n) is 1.60. The molecule has 1 aliphatic rings. The lowest BCUT2D eigenvalue weighted by molar-refractivity contribution is -0.132. The van der Waals surface area contributed by atoms with E-state index in [1.165, 1.54) is 12.2 Å². The molecule has 44 valence electrons. The van der Waals surface area contributed by atoms with E-state index >= 15 is 0 Å². The zero-order valence-electron chi connectivity index (χ0n) is 4.66. The van der Waals surface area contributed by atoms with E-state index in [4.69, 9.17) is 5.11 Å². The molecular formula is C7H5O2+. The Morgan fingerprint density at radius 3 is 2.78 bits per heavy atom. The number of rotatable bonds is 1. The van der Waals surface area contributed by atoms with Gasteiger partial charge in [-0.3, -0.25) is 0 Å². The lowest BCUT2D eigenvalue weighted by Gasteiger charge is -1.83. The molecule has 2 heteroatoms. The van der Waals surface area contributed by atoms with Crippen LogP contribution in [0.5, 0.6) is 0 Å². The summed E-state index contributed by atoms with van der Waals surface area (Å²) in [6, 6.07) is 0. The molecule has 0 saturated carbocycles. The summed E-state index contributed by atoms with van der Waals surface area (Å²) >= 11 is 0. The third-order valence-corrected chi connectivity index (χ3v) is 0.954. The fraction of sp³-hybridized carbons (Fsp3) is 0. The molecule has 0 radical (unpaired) electrons. The number of carboxylic acid groups (broad SMARTS) is 1. The van der Waals surface area contributed by atoms with Crippen LogP contribution in [-0.2, 0) is 4.79 Å². The SMILES string of the molecule is O=C(O)C1=CC=C[C+]=C1. The van der Waals surface area contributed by atoms with Gasteiger partial charge in [-0.25, -0.2) is 4.79 Å². The van der Waals surface area contributed by atoms with Gasteiger partial charge in [0, 0.05) is 12.2 Å². The Balaban J connectivity index is 2.84. The van der Waals surface area contributed by atoms with E-state index in [1.54, 1.807) is 12.2 Å². The molecule has 0 aromatic rings. The third kappa shape index (κ3) is 1.24. The summed E-state index contributed by atoms with van der Waals surface area (Å²) in [7, 11) is 0. The molecule has 0 aromatic carbocycles. The maximum Gasteiger partial charge on any atom is 0.394 e. The van der Waals surface area contributed by atoms with Crippen LogP contribution in [0.3, 0.4) is 0 Å². The first-order valence-electron chi connectivity index (χ1n) is 2.50. The first-order valence-corrected chi connectivity index (χ1v) is 2.50. The van der Waals surface area contributed by atoms with Crippen LogP contribution in [-0.4, -0.2) is 11.1 Å². The smallest absolute Gasteiger partial charge is 0.394 e. The van der Waals surface area contributed by atoms with Gasteiger partial charge in [-0.2, -0.15) is 0 Å². The summed E-state index contributed by atoms with van der Waals surface area (Å²) in [5, 5.41) is 8.36. The van der Waals surface area contributed by atoms with E-state index in [9.17, 15) is 4.79 Å². The molecule has 9 heavy (non-hydrogen) atoms. The molecule has 0 fully saturated rings. The highest BCUT2D eigenvalue weighted by atomic mass is 16.4. The summed E-state index contributed by atoms with van der Waals surface area (Å²) in [5.41, 5.74) is 0.275. The van der Waals surface area contributed by atoms with Gasteiger partial charge >= 0.3 is 5.97 Å². The molecule has 1 aliphatic carbocycles. The minimum absolute atomic E-state index is 0.275.